The van der Waals surface area contributed by atoms with Crippen molar-refractivity contribution in [3.63, 3.8) is 0 Å². The number of imidazole rings is 1. The summed E-state index contributed by atoms with van der Waals surface area (Å²) in [7, 11) is -3.59. The molecular formula is C18H27N6O5P. The van der Waals surface area contributed by atoms with Gasteiger partial charge in [-0.3, -0.25) is 18.1 Å². The molecule has 0 aliphatic carbocycles. The molecule has 0 unspecified atom stereocenters. The monoisotopic (exact) mass is 438 g/mol. The molecule has 2 atom stereocenters. The second-order valence-corrected chi connectivity index (χ2v) is 8.62. The van der Waals surface area contributed by atoms with Gasteiger partial charge in [-0.2, -0.15) is 9.97 Å². The summed E-state index contributed by atoms with van der Waals surface area (Å²) in [5.41, 5.74) is 7.27. The molecule has 1 saturated heterocycles. The van der Waals surface area contributed by atoms with Crippen molar-refractivity contribution in [3.05, 3.63) is 18.5 Å². The highest BCUT2D eigenvalue weighted by Gasteiger charge is 2.30. The molecule has 4 heterocycles. The molecule has 0 bridgehead atoms. The first kappa shape index (κ1) is 21.2. The smallest absolute Gasteiger partial charge is 0.368 e. The minimum Gasteiger partial charge on any atom is -0.368 e. The molecule has 2 aliphatic heterocycles. The Bertz CT molecular complexity index is 950. The standard InChI is InChI=1S/C18H27N6O5P/c1-3-26-30(25,27-4-2)28-11-13-7-8-14(29-13)24-12-20-15-16(23-9-5-6-10-23)21-18(19)22-17(15)24/h7-8,12-14H,3-6,9-11H2,1-2H3,(H2,19,21,22)/t13-,14+/m1/s1. The first-order valence-electron chi connectivity index (χ1n) is 10.2. The Kier molecular flexibility index (Phi) is 6.35. The molecule has 2 aliphatic rings. The van der Waals surface area contributed by atoms with Gasteiger partial charge >= 0.3 is 7.82 Å². The highest BCUT2D eigenvalue weighted by Crippen LogP contribution is 2.49. The van der Waals surface area contributed by atoms with Gasteiger partial charge in [0.2, 0.25) is 5.95 Å². The third-order valence-electron chi connectivity index (χ3n) is 4.88. The number of ether oxygens (including phenoxy) is 1. The largest absolute Gasteiger partial charge is 0.474 e. The fourth-order valence-electron chi connectivity index (χ4n) is 3.59. The van der Waals surface area contributed by atoms with Crippen LogP contribution in [0.15, 0.2) is 18.5 Å². The van der Waals surface area contributed by atoms with Crippen LogP contribution in [0, 0.1) is 0 Å². The quantitative estimate of drug-likeness (QED) is 0.461. The van der Waals surface area contributed by atoms with Crippen LogP contribution in [0.2, 0.25) is 0 Å². The molecule has 12 heteroatoms. The molecule has 0 spiro atoms. The highest BCUT2D eigenvalue weighted by molar-refractivity contribution is 7.48. The van der Waals surface area contributed by atoms with Crippen molar-refractivity contribution in [1.29, 1.82) is 0 Å². The Hall–Kier alpha value is -2.04. The van der Waals surface area contributed by atoms with Crippen molar-refractivity contribution in [2.45, 2.75) is 39.0 Å². The van der Waals surface area contributed by atoms with Gasteiger partial charge in [-0.1, -0.05) is 6.08 Å². The molecule has 11 nitrogen and oxygen atoms in total. The SMILES string of the molecule is CCOP(=O)(OCC)OC[C@H]1C=C[C@@H](n2cnc3c(N4CCCC4)nc(N)nc32)O1. The first-order chi connectivity index (χ1) is 14.5. The number of nitrogens with two attached hydrogens (primary N) is 1. The molecule has 0 aromatic carbocycles. The number of phosphoric acid groups is 1. The number of nitrogen functional groups attached to an aromatic ring is 1. The van der Waals surface area contributed by atoms with E-state index in [2.05, 4.69) is 19.9 Å². The molecule has 0 radical (unpaired) electrons. The van der Waals surface area contributed by atoms with Gasteiger partial charge in [0, 0.05) is 13.1 Å². The molecule has 30 heavy (non-hydrogen) atoms. The summed E-state index contributed by atoms with van der Waals surface area (Å²) in [6, 6.07) is 0. The van der Waals surface area contributed by atoms with E-state index in [1.165, 1.54) is 0 Å². The number of nitrogens with zero attached hydrogens (tertiary/aromatic N) is 5. The van der Waals surface area contributed by atoms with Crippen molar-refractivity contribution in [3.8, 4) is 0 Å². The second kappa shape index (κ2) is 8.99. The molecule has 0 amide bonds. The second-order valence-electron chi connectivity index (χ2n) is 6.95. The molecular weight excluding hydrogens is 411 g/mol. The summed E-state index contributed by atoms with van der Waals surface area (Å²) < 4.78 is 36.0. The van der Waals surface area contributed by atoms with Crippen LogP contribution < -0.4 is 10.6 Å². The summed E-state index contributed by atoms with van der Waals surface area (Å²) in [5.74, 6) is 0.951. The lowest BCUT2D eigenvalue weighted by atomic mass is 10.4. The number of hydrogen-bond acceptors (Lipinski definition) is 10. The first-order valence-corrected chi connectivity index (χ1v) is 11.6. The fourth-order valence-corrected chi connectivity index (χ4v) is 4.77. The maximum absolute atomic E-state index is 12.5. The zero-order chi connectivity index (χ0) is 21.1. The summed E-state index contributed by atoms with van der Waals surface area (Å²) in [6.45, 7) is 5.80. The molecule has 2 N–H and O–H groups in total. The van der Waals surface area contributed by atoms with E-state index >= 15 is 0 Å². The Labute approximate surface area is 174 Å². The molecule has 4 rings (SSSR count). The van der Waals surface area contributed by atoms with Crippen molar-refractivity contribution in [2.75, 3.05) is 43.5 Å². The van der Waals surface area contributed by atoms with Gasteiger partial charge in [-0.15, -0.1) is 0 Å². The number of anilines is 2. The van der Waals surface area contributed by atoms with Gasteiger partial charge in [0.05, 0.1) is 26.1 Å². The minimum atomic E-state index is -3.59. The summed E-state index contributed by atoms with van der Waals surface area (Å²) >= 11 is 0. The Morgan fingerprint density at radius 1 is 1.17 bits per heavy atom. The van der Waals surface area contributed by atoms with Crippen LogP contribution in [0.4, 0.5) is 11.8 Å². The number of fused-ring (bicyclic) bond motifs is 1. The summed E-state index contributed by atoms with van der Waals surface area (Å²) in [6.07, 6.45) is 6.76. The van der Waals surface area contributed by atoms with E-state index in [0.717, 1.165) is 31.7 Å². The topological polar surface area (TPSA) is 127 Å². The minimum absolute atomic E-state index is 0.0348. The lowest BCUT2D eigenvalue weighted by Gasteiger charge is -2.20. The predicted octanol–water partition coefficient (Wildman–Crippen LogP) is 2.66. The van der Waals surface area contributed by atoms with E-state index in [1.807, 2.05) is 12.2 Å². The van der Waals surface area contributed by atoms with Crippen LogP contribution in [-0.2, 0) is 22.9 Å². The van der Waals surface area contributed by atoms with Crippen LogP contribution in [-0.4, -0.2) is 58.5 Å². The predicted molar refractivity (Wildman–Crippen MR) is 111 cm³/mol. The Morgan fingerprint density at radius 3 is 2.60 bits per heavy atom. The van der Waals surface area contributed by atoms with E-state index in [4.69, 9.17) is 24.0 Å². The van der Waals surface area contributed by atoms with Gasteiger partial charge in [0.15, 0.2) is 23.2 Å². The van der Waals surface area contributed by atoms with Crippen molar-refractivity contribution in [2.24, 2.45) is 0 Å². The van der Waals surface area contributed by atoms with Crippen LogP contribution in [0.25, 0.3) is 11.2 Å². The highest BCUT2D eigenvalue weighted by atomic mass is 31.2. The van der Waals surface area contributed by atoms with E-state index in [9.17, 15) is 4.57 Å². The molecule has 2 aromatic heterocycles. The average Bonchev–Trinajstić information content (AvgIpc) is 3.46. The number of hydrogen-bond donors (Lipinski definition) is 1. The lowest BCUT2D eigenvalue weighted by molar-refractivity contribution is -0.0107. The molecule has 0 saturated carbocycles. The van der Waals surface area contributed by atoms with Gasteiger partial charge in [-0.05, 0) is 32.8 Å². The average molecular weight is 438 g/mol. The third-order valence-corrected chi connectivity index (χ3v) is 6.49. The summed E-state index contributed by atoms with van der Waals surface area (Å²) in [5, 5.41) is 0. The molecule has 164 valence electrons. The van der Waals surface area contributed by atoms with Gasteiger partial charge in [-0.25, -0.2) is 9.55 Å². The zero-order valence-corrected chi connectivity index (χ0v) is 18.0. The maximum Gasteiger partial charge on any atom is 0.474 e. The number of phosphoric ester groups is 1. The lowest BCUT2D eigenvalue weighted by Crippen LogP contribution is -2.21. The summed E-state index contributed by atoms with van der Waals surface area (Å²) in [4.78, 5) is 15.5. The molecule has 1 fully saturated rings. The Balaban J connectivity index is 1.48. The van der Waals surface area contributed by atoms with Gasteiger partial charge in [0.1, 0.15) is 6.10 Å². The van der Waals surface area contributed by atoms with Crippen LogP contribution >= 0.6 is 7.82 Å². The van der Waals surface area contributed by atoms with E-state index in [0.29, 0.717) is 11.2 Å². The van der Waals surface area contributed by atoms with Crippen molar-refractivity contribution < 1.29 is 22.9 Å². The van der Waals surface area contributed by atoms with Crippen LogP contribution in [0.1, 0.15) is 32.9 Å². The van der Waals surface area contributed by atoms with Crippen molar-refractivity contribution in [1.82, 2.24) is 19.5 Å². The van der Waals surface area contributed by atoms with Crippen molar-refractivity contribution >= 4 is 30.8 Å². The number of rotatable bonds is 9. The molecule has 2 aromatic rings. The van der Waals surface area contributed by atoms with Crippen LogP contribution in [0.3, 0.4) is 0 Å². The Morgan fingerprint density at radius 2 is 1.90 bits per heavy atom. The third kappa shape index (κ3) is 4.35. The zero-order valence-electron chi connectivity index (χ0n) is 17.1. The van der Waals surface area contributed by atoms with Crippen LogP contribution in [0.5, 0.6) is 0 Å². The van der Waals surface area contributed by atoms with Gasteiger partial charge in [0.25, 0.3) is 0 Å². The maximum atomic E-state index is 12.5. The van der Waals surface area contributed by atoms with E-state index in [1.54, 1.807) is 24.7 Å². The van der Waals surface area contributed by atoms with E-state index < -0.39 is 20.2 Å². The van der Waals surface area contributed by atoms with E-state index in [-0.39, 0.29) is 25.8 Å². The number of aromatic nitrogens is 4. The fraction of sp³-hybridized carbons (Fsp3) is 0.611. The van der Waals surface area contributed by atoms with Gasteiger partial charge < -0.3 is 15.4 Å². The normalized spacial score (nSPS) is 21.9.